The highest BCUT2D eigenvalue weighted by molar-refractivity contribution is 4.81. The number of alkyl halides is 2. The van der Waals surface area contributed by atoms with Crippen LogP contribution in [0.3, 0.4) is 0 Å². The maximum Gasteiger partial charge on any atom is 0.254 e. The van der Waals surface area contributed by atoms with Gasteiger partial charge in [0.05, 0.1) is 0 Å². The number of hydrogen-bond acceptors (Lipinski definition) is 0. The van der Waals surface area contributed by atoms with Gasteiger partial charge < -0.3 is 0 Å². The van der Waals surface area contributed by atoms with E-state index in [2.05, 4.69) is 6.58 Å². The van der Waals surface area contributed by atoms with E-state index in [1.807, 2.05) is 0 Å². The molecule has 1 atom stereocenters. The minimum atomic E-state index is -2.56. The van der Waals surface area contributed by atoms with Crippen LogP contribution in [0.5, 0.6) is 0 Å². The van der Waals surface area contributed by atoms with Gasteiger partial charge in [0.15, 0.2) is 0 Å². The summed E-state index contributed by atoms with van der Waals surface area (Å²) in [6.45, 7) is 6.61. The molecule has 0 saturated carbocycles. The van der Waals surface area contributed by atoms with Gasteiger partial charge in [0, 0.05) is 12.3 Å². The Balaban J connectivity index is 3.94. The molecule has 2 heteroatoms. The van der Waals surface area contributed by atoms with E-state index in [1.54, 1.807) is 13.8 Å². The highest BCUT2D eigenvalue weighted by atomic mass is 19.3. The first-order valence-corrected chi connectivity index (χ1v) is 3.53. The third-order valence-electron chi connectivity index (χ3n) is 1.75. The first-order chi connectivity index (χ1) is 4.54. The van der Waals surface area contributed by atoms with Crippen LogP contribution in [0.15, 0.2) is 12.7 Å². The predicted octanol–water partition coefficient (Wildman–Crippen LogP) is 3.24. The van der Waals surface area contributed by atoms with Crippen LogP contribution in [0.2, 0.25) is 0 Å². The Kier molecular flexibility index (Phi) is 3.54. The molecule has 0 amide bonds. The van der Waals surface area contributed by atoms with E-state index in [1.165, 1.54) is 6.08 Å². The van der Waals surface area contributed by atoms with E-state index >= 15 is 0 Å². The van der Waals surface area contributed by atoms with E-state index in [-0.39, 0.29) is 6.42 Å². The van der Waals surface area contributed by atoms with Crippen LogP contribution in [0.25, 0.3) is 0 Å². The SMILES string of the molecule is C=CCC(F)(F)C(C)CC. The van der Waals surface area contributed by atoms with Gasteiger partial charge in [-0.05, 0) is 6.42 Å². The molecule has 0 aliphatic heterocycles. The van der Waals surface area contributed by atoms with E-state index in [0.717, 1.165) is 0 Å². The van der Waals surface area contributed by atoms with Crippen molar-refractivity contribution >= 4 is 0 Å². The molecule has 0 aromatic heterocycles. The molecule has 0 aliphatic carbocycles. The summed E-state index contributed by atoms with van der Waals surface area (Å²) in [5.74, 6) is -3.10. The van der Waals surface area contributed by atoms with Crippen LogP contribution >= 0.6 is 0 Å². The molecule has 0 N–H and O–H groups in total. The Morgan fingerprint density at radius 3 is 2.40 bits per heavy atom. The summed E-state index contributed by atoms with van der Waals surface area (Å²) in [6.07, 6.45) is 1.58. The van der Waals surface area contributed by atoms with Crippen LogP contribution in [0.4, 0.5) is 8.78 Å². The van der Waals surface area contributed by atoms with Crippen molar-refractivity contribution < 1.29 is 8.78 Å². The Labute approximate surface area is 60.9 Å². The number of halogens is 2. The van der Waals surface area contributed by atoms with Crippen molar-refractivity contribution in [2.45, 2.75) is 32.6 Å². The largest absolute Gasteiger partial charge is 0.254 e. The van der Waals surface area contributed by atoms with Gasteiger partial charge in [0.25, 0.3) is 5.92 Å². The first-order valence-electron chi connectivity index (χ1n) is 3.53. The second-order valence-corrected chi connectivity index (χ2v) is 2.56. The first kappa shape index (κ1) is 9.60. The standard InChI is InChI=1S/C8H14F2/c1-4-6-8(9,10)7(3)5-2/h4,7H,1,5-6H2,2-3H3. The summed E-state index contributed by atoms with van der Waals surface area (Å²) in [4.78, 5) is 0. The molecule has 10 heavy (non-hydrogen) atoms. The highest BCUT2D eigenvalue weighted by Crippen LogP contribution is 2.30. The zero-order valence-electron chi connectivity index (χ0n) is 6.53. The Morgan fingerprint density at radius 2 is 2.10 bits per heavy atom. The predicted molar refractivity (Wildman–Crippen MR) is 39.2 cm³/mol. The van der Waals surface area contributed by atoms with Crippen LogP contribution in [-0.2, 0) is 0 Å². The van der Waals surface area contributed by atoms with Crippen LogP contribution in [0.1, 0.15) is 26.7 Å². The topological polar surface area (TPSA) is 0 Å². The molecule has 0 aromatic rings. The number of hydrogen-bond donors (Lipinski definition) is 0. The maximum atomic E-state index is 12.7. The summed E-state index contributed by atoms with van der Waals surface area (Å²) in [5, 5.41) is 0. The maximum absolute atomic E-state index is 12.7. The van der Waals surface area contributed by atoms with Gasteiger partial charge >= 0.3 is 0 Å². The third kappa shape index (κ3) is 2.46. The van der Waals surface area contributed by atoms with Gasteiger partial charge in [0.2, 0.25) is 0 Å². The fourth-order valence-corrected chi connectivity index (χ4v) is 0.692. The van der Waals surface area contributed by atoms with Gasteiger partial charge in [-0.25, -0.2) is 8.78 Å². The molecule has 0 saturated heterocycles. The summed E-state index contributed by atoms with van der Waals surface area (Å²) in [5.41, 5.74) is 0. The molecule has 0 aliphatic rings. The van der Waals surface area contributed by atoms with Crippen molar-refractivity contribution in [1.82, 2.24) is 0 Å². The summed E-state index contributed by atoms with van der Waals surface area (Å²) in [7, 11) is 0. The lowest BCUT2D eigenvalue weighted by atomic mass is 9.98. The smallest absolute Gasteiger partial charge is 0.206 e. The quantitative estimate of drug-likeness (QED) is 0.537. The zero-order chi connectivity index (χ0) is 8.20. The highest BCUT2D eigenvalue weighted by Gasteiger charge is 2.32. The lowest BCUT2D eigenvalue weighted by Gasteiger charge is -2.20. The van der Waals surface area contributed by atoms with Gasteiger partial charge in [-0.15, -0.1) is 6.58 Å². The minimum Gasteiger partial charge on any atom is -0.206 e. The lowest BCUT2D eigenvalue weighted by molar-refractivity contribution is -0.0493. The number of allylic oxidation sites excluding steroid dienone is 1. The molecule has 0 bridgehead atoms. The van der Waals surface area contributed by atoms with E-state index in [4.69, 9.17) is 0 Å². The molecular weight excluding hydrogens is 134 g/mol. The van der Waals surface area contributed by atoms with Crippen molar-refractivity contribution in [3.8, 4) is 0 Å². The van der Waals surface area contributed by atoms with Crippen molar-refractivity contribution in [2.24, 2.45) is 5.92 Å². The molecule has 0 rings (SSSR count). The average Bonchev–Trinajstić information content (AvgIpc) is 1.86. The van der Waals surface area contributed by atoms with Crippen LogP contribution < -0.4 is 0 Å². The normalized spacial score (nSPS) is 14.8. The minimum absolute atomic E-state index is 0.206. The van der Waals surface area contributed by atoms with Crippen molar-refractivity contribution in [3.05, 3.63) is 12.7 Å². The van der Waals surface area contributed by atoms with E-state index in [0.29, 0.717) is 6.42 Å². The fraction of sp³-hybridized carbons (Fsp3) is 0.750. The van der Waals surface area contributed by atoms with Crippen molar-refractivity contribution in [1.29, 1.82) is 0 Å². The second-order valence-electron chi connectivity index (χ2n) is 2.56. The van der Waals surface area contributed by atoms with E-state index < -0.39 is 11.8 Å². The molecule has 1 unspecified atom stereocenters. The Morgan fingerprint density at radius 1 is 1.60 bits per heavy atom. The zero-order valence-corrected chi connectivity index (χ0v) is 6.53. The number of rotatable bonds is 4. The van der Waals surface area contributed by atoms with Gasteiger partial charge in [-0.1, -0.05) is 19.9 Å². The third-order valence-corrected chi connectivity index (χ3v) is 1.75. The molecule has 0 heterocycles. The lowest BCUT2D eigenvalue weighted by Crippen LogP contribution is -2.24. The molecule has 0 spiro atoms. The van der Waals surface area contributed by atoms with Crippen molar-refractivity contribution in [2.75, 3.05) is 0 Å². The van der Waals surface area contributed by atoms with Gasteiger partial charge in [-0.2, -0.15) is 0 Å². The fourth-order valence-electron chi connectivity index (χ4n) is 0.692. The van der Waals surface area contributed by atoms with E-state index in [9.17, 15) is 8.78 Å². The van der Waals surface area contributed by atoms with Gasteiger partial charge in [0.1, 0.15) is 0 Å². The Hall–Kier alpha value is -0.400. The monoisotopic (exact) mass is 148 g/mol. The van der Waals surface area contributed by atoms with Gasteiger partial charge in [-0.3, -0.25) is 0 Å². The van der Waals surface area contributed by atoms with Crippen LogP contribution in [-0.4, -0.2) is 5.92 Å². The molecule has 0 nitrogen and oxygen atoms in total. The van der Waals surface area contributed by atoms with Crippen LogP contribution in [0, 0.1) is 5.92 Å². The summed E-state index contributed by atoms with van der Waals surface area (Å²) >= 11 is 0. The molecular formula is C8H14F2. The van der Waals surface area contributed by atoms with Crippen molar-refractivity contribution in [3.63, 3.8) is 0 Å². The second kappa shape index (κ2) is 3.69. The molecule has 0 fully saturated rings. The summed E-state index contributed by atoms with van der Waals surface area (Å²) < 4.78 is 25.5. The average molecular weight is 148 g/mol. The molecule has 0 radical (unpaired) electrons. The summed E-state index contributed by atoms with van der Waals surface area (Å²) in [6, 6.07) is 0. The Bertz CT molecular complexity index is 108. The molecule has 60 valence electrons. The molecule has 0 aromatic carbocycles.